The monoisotopic (exact) mass is 474 g/mol. The minimum Gasteiger partial charge on any atom is -0.299 e. The SMILES string of the molecule is CCSc1nnc(NC(=O)CN(c2cc(C(F)(F)F)ccc2Cl)S(C)(=O)=O)s1. The van der Waals surface area contributed by atoms with Gasteiger partial charge in [0.15, 0.2) is 4.34 Å². The number of thioether (sulfide) groups is 1. The van der Waals surface area contributed by atoms with Crippen molar-refractivity contribution in [2.45, 2.75) is 17.4 Å². The number of halogens is 4. The summed E-state index contributed by atoms with van der Waals surface area (Å²) in [6, 6.07) is 2.23. The summed E-state index contributed by atoms with van der Waals surface area (Å²) in [7, 11) is -4.11. The fourth-order valence-electron chi connectivity index (χ4n) is 1.99. The average molecular weight is 475 g/mol. The van der Waals surface area contributed by atoms with Crippen molar-refractivity contribution < 1.29 is 26.4 Å². The van der Waals surface area contributed by atoms with E-state index in [9.17, 15) is 26.4 Å². The van der Waals surface area contributed by atoms with E-state index >= 15 is 0 Å². The maximum absolute atomic E-state index is 13.0. The summed E-state index contributed by atoms with van der Waals surface area (Å²) in [6.07, 6.45) is -3.94. The van der Waals surface area contributed by atoms with Crippen LogP contribution >= 0.6 is 34.7 Å². The summed E-state index contributed by atoms with van der Waals surface area (Å²) in [5.74, 6) is -0.0542. The van der Waals surface area contributed by atoms with Gasteiger partial charge in [-0.3, -0.25) is 14.4 Å². The van der Waals surface area contributed by atoms with Gasteiger partial charge in [-0.1, -0.05) is 41.6 Å². The first-order valence-electron chi connectivity index (χ1n) is 7.52. The molecule has 28 heavy (non-hydrogen) atoms. The first-order chi connectivity index (χ1) is 12.9. The minimum atomic E-state index is -4.70. The first-order valence-corrected chi connectivity index (χ1v) is 11.5. The van der Waals surface area contributed by atoms with Gasteiger partial charge in [0.25, 0.3) is 0 Å². The molecule has 0 aliphatic rings. The van der Waals surface area contributed by atoms with Gasteiger partial charge in [-0.05, 0) is 24.0 Å². The molecule has 0 saturated carbocycles. The normalized spacial score (nSPS) is 12.1. The lowest BCUT2D eigenvalue weighted by Crippen LogP contribution is -2.37. The standard InChI is InChI=1S/C14H14ClF3N4O3S3/c1-3-26-13-21-20-12(27-13)19-11(23)7-22(28(2,24)25)10-6-8(14(16,17)18)4-5-9(10)15/h4-6H,3,7H2,1-2H3,(H,19,20,23). The van der Waals surface area contributed by atoms with Crippen LogP contribution in [0.15, 0.2) is 22.5 Å². The third-order valence-corrected chi connectivity index (χ3v) is 6.45. The second-order valence-corrected chi connectivity index (χ2v) is 10.1. The van der Waals surface area contributed by atoms with Crippen LogP contribution in [-0.4, -0.2) is 43.1 Å². The molecule has 1 amide bonds. The highest BCUT2D eigenvalue weighted by Crippen LogP contribution is 2.36. The Hall–Kier alpha value is -1.57. The fraction of sp³-hybridized carbons (Fsp3) is 0.357. The molecule has 0 aliphatic heterocycles. The molecule has 1 N–H and O–H groups in total. The van der Waals surface area contributed by atoms with E-state index in [-0.39, 0.29) is 10.2 Å². The number of hydrogen-bond acceptors (Lipinski definition) is 7. The van der Waals surface area contributed by atoms with Crippen LogP contribution in [0, 0.1) is 0 Å². The van der Waals surface area contributed by atoms with Gasteiger partial charge >= 0.3 is 6.18 Å². The molecule has 0 saturated heterocycles. The summed E-state index contributed by atoms with van der Waals surface area (Å²) in [5.41, 5.74) is -1.54. The molecule has 14 heteroatoms. The number of sulfonamides is 1. The summed E-state index contributed by atoms with van der Waals surface area (Å²) < 4.78 is 64.2. The third-order valence-electron chi connectivity index (χ3n) is 3.15. The molecular formula is C14H14ClF3N4O3S3. The van der Waals surface area contributed by atoms with Gasteiger partial charge in [0, 0.05) is 0 Å². The molecule has 0 fully saturated rings. The van der Waals surface area contributed by atoms with E-state index in [0.29, 0.717) is 14.7 Å². The maximum Gasteiger partial charge on any atom is 0.416 e. The molecule has 0 unspecified atom stereocenters. The van der Waals surface area contributed by atoms with Gasteiger partial charge in [0.1, 0.15) is 6.54 Å². The Morgan fingerprint density at radius 1 is 1.36 bits per heavy atom. The number of nitrogens with one attached hydrogen (secondary N) is 1. The second kappa shape index (κ2) is 8.84. The van der Waals surface area contributed by atoms with Gasteiger partial charge in [-0.15, -0.1) is 10.2 Å². The summed E-state index contributed by atoms with van der Waals surface area (Å²) >= 11 is 8.40. The molecule has 0 bridgehead atoms. The van der Waals surface area contributed by atoms with Crippen molar-refractivity contribution in [2.75, 3.05) is 28.2 Å². The number of anilines is 2. The first kappa shape index (κ1) is 22.7. The molecule has 2 rings (SSSR count). The third kappa shape index (κ3) is 5.96. The Bertz CT molecular complexity index is 966. The Labute approximate surface area is 172 Å². The lowest BCUT2D eigenvalue weighted by atomic mass is 10.2. The number of amides is 1. The van der Waals surface area contributed by atoms with E-state index in [4.69, 9.17) is 11.6 Å². The van der Waals surface area contributed by atoms with E-state index in [1.807, 2.05) is 6.92 Å². The number of aromatic nitrogens is 2. The quantitative estimate of drug-likeness (QED) is 0.485. The van der Waals surface area contributed by atoms with Crippen LogP contribution in [0.25, 0.3) is 0 Å². The van der Waals surface area contributed by atoms with Crippen molar-refractivity contribution in [3.63, 3.8) is 0 Å². The lowest BCUT2D eigenvalue weighted by molar-refractivity contribution is -0.137. The van der Waals surface area contributed by atoms with Crippen LogP contribution in [0.2, 0.25) is 5.02 Å². The highest BCUT2D eigenvalue weighted by atomic mass is 35.5. The zero-order valence-corrected chi connectivity index (χ0v) is 17.7. The number of alkyl halides is 3. The van der Waals surface area contributed by atoms with Gasteiger partial charge in [-0.2, -0.15) is 13.2 Å². The van der Waals surface area contributed by atoms with Crippen LogP contribution in [-0.2, 0) is 21.0 Å². The van der Waals surface area contributed by atoms with Crippen molar-refractivity contribution in [3.8, 4) is 0 Å². The Kier molecular flexibility index (Phi) is 7.17. The van der Waals surface area contributed by atoms with Gasteiger partial charge in [0.2, 0.25) is 21.1 Å². The van der Waals surface area contributed by atoms with Crippen LogP contribution in [0.1, 0.15) is 12.5 Å². The fourth-order valence-corrected chi connectivity index (χ4v) is 4.79. The summed E-state index contributed by atoms with van der Waals surface area (Å²) in [6.45, 7) is 1.13. The van der Waals surface area contributed by atoms with E-state index in [0.717, 1.165) is 35.5 Å². The van der Waals surface area contributed by atoms with Gasteiger partial charge in [0.05, 0.1) is 22.5 Å². The predicted molar refractivity (Wildman–Crippen MR) is 104 cm³/mol. The Morgan fingerprint density at radius 2 is 2.04 bits per heavy atom. The second-order valence-electron chi connectivity index (χ2n) is 5.29. The van der Waals surface area contributed by atoms with E-state index in [1.54, 1.807) is 0 Å². The van der Waals surface area contributed by atoms with Crippen molar-refractivity contribution in [1.29, 1.82) is 0 Å². The van der Waals surface area contributed by atoms with Crippen molar-refractivity contribution in [2.24, 2.45) is 0 Å². The number of carbonyl (C=O) groups is 1. The van der Waals surface area contributed by atoms with Gasteiger partial charge < -0.3 is 0 Å². The van der Waals surface area contributed by atoms with E-state index in [1.165, 1.54) is 11.8 Å². The van der Waals surface area contributed by atoms with Crippen LogP contribution in [0.5, 0.6) is 0 Å². The molecule has 0 atom stereocenters. The molecule has 154 valence electrons. The van der Waals surface area contributed by atoms with Crippen molar-refractivity contribution in [3.05, 3.63) is 28.8 Å². The lowest BCUT2D eigenvalue weighted by Gasteiger charge is -2.23. The molecule has 7 nitrogen and oxygen atoms in total. The summed E-state index contributed by atoms with van der Waals surface area (Å²) in [4.78, 5) is 12.3. The predicted octanol–water partition coefficient (Wildman–Crippen LogP) is 3.73. The molecule has 1 aromatic carbocycles. The number of nitrogens with zero attached hydrogens (tertiary/aromatic N) is 3. The Balaban J connectivity index is 2.28. The van der Waals surface area contributed by atoms with E-state index < -0.39 is 39.9 Å². The molecule has 2 aromatic rings. The van der Waals surface area contributed by atoms with E-state index in [2.05, 4.69) is 15.5 Å². The molecule has 0 radical (unpaired) electrons. The van der Waals surface area contributed by atoms with Crippen LogP contribution < -0.4 is 9.62 Å². The number of benzene rings is 1. The number of carbonyl (C=O) groups excluding carboxylic acids is 1. The van der Waals surface area contributed by atoms with Crippen molar-refractivity contribution >= 4 is 61.4 Å². The van der Waals surface area contributed by atoms with Crippen LogP contribution in [0.4, 0.5) is 24.0 Å². The van der Waals surface area contributed by atoms with Gasteiger partial charge in [-0.25, -0.2) is 8.42 Å². The molecule has 1 heterocycles. The average Bonchev–Trinajstić information content (AvgIpc) is 2.98. The zero-order valence-electron chi connectivity index (χ0n) is 14.4. The number of hydrogen-bond donors (Lipinski definition) is 1. The molecule has 1 aromatic heterocycles. The molecule has 0 spiro atoms. The topological polar surface area (TPSA) is 92.3 Å². The number of rotatable bonds is 7. The highest BCUT2D eigenvalue weighted by molar-refractivity contribution is 8.01. The molecular weight excluding hydrogens is 461 g/mol. The minimum absolute atomic E-state index is 0.143. The van der Waals surface area contributed by atoms with Crippen molar-refractivity contribution in [1.82, 2.24) is 10.2 Å². The maximum atomic E-state index is 13.0. The highest BCUT2D eigenvalue weighted by Gasteiger charge is 2.33. The van der Waals surface area contributed by atoms with Crippen LogP contribution in [0.3, 0.4) is 0 Å². The summed E-state index contributed by atoms with van der Waals surface area (Å²) in [5, 5.41) is 9.87. The Morgan fingerprint density at radius 3 is 2.61 bits per heavy atom. The zero-order chi connectivity index (χ0) is 21.1. The smallest absolute Gasteiger partial charge is 0.299 e. The largest absolute Gasteiger partial charge is 0.416 e. The molecule has 0 aliphatic carbocycles.